The van der Waals surface area contributed by atoms with Gasteiger partial charge in [0.25, 0.3) is 0 Å². The van der Waals surface area contributed by atoms with Gasteiger partial charge in [-0.05, 0) is 0 Å². The first-order valence-electron chi connectivity index (χ1n) is 5.65. The second-order valence-corrected chi connectivity index (χ2v) is 4.01. The summed E-state index contributed by atoms with van der Waals surface area (Å²) in [4.78, 5) is 15.5. The van der Waals surface area contributed by atoms with Crippen molar-refractivity contribution >= 4 is 5.91 Å². The number of nitrogens with zero attached hydrogens (tertiary/aromatic N) is 3. The standard InChI is InChI=1S/C10H17N5O2/c1-17-9-5-11-4-8(9)14-10(16)2-3-15-7-12-6-13-15/h6-9,11H,2-5H2,1H3,(H,14,16)/t8?,9-/m0/s1. The molecule has 1 aromatic rings. The number of rotatable bonds is 5. The third kappa shape index (κ3) is 3.24. The Hall–Kier alpha value is -1.47. The Labute approximate surface area is 99.5 Å². The van der Waals surface area contributed by atoms with Crippen molar-refractivity contribution in [3.05, 3.63) is 12.7 Å². The molecule has 2 atom stereocenters. The summed E-state index contributed by atoms with van der Waals surface area (Å²) < 4.78 is 6.91. The van der Waals surface area contributed by atoms with E-state index >= 15 is 0 Å². The molecule has 0 aliphatic carbocycles. The number of hydrogen-bond acceptors (Lipinski definition) is 5. The molecule has 2 N–H and O–H groups in total. The van der Waals surface area contributed by atoms with E-state index in [1.165, 1.54) is 6.33 Å². The van der Waals surface area contributed by atoms with E-state index in [0.717, 1.165) is 13.1 Å². The fraction of sp³-hybridized carbons (Fsp3) is 0.700. The van der Waals surface area contributed by atoms with Crippen LogP contribution in [0.2, 0.25) is 0 Å². The maximum absolute atomic E-state index is 11.7. The summed E-state index contributed by atoms with van der Waals surface area (Å²) in [5, 5.41) is 10.1. The number of nitrogens with one attached hydrogen (secondary N) is 2. The van der Waals surface area contributed by atoms with Gasteiger partial charge in [0, 0.05) is 26.6 Å². The number of amides is 1. The van der Waals surface area contributed by atoms with Crippen LogP contribution in [0.3, 0.4) is 0 Å². The molecule has 1 saturated heterocycles. The molecule has 17 heavy (non-hydrogen) atoms. The molecule has 1 aromatic heterocycles. The molecule has 7 nitrogen and oxygen atoms in total. The van der Waals surface area contributed by atoms with Crippen LogP contribution >= 0.6 is 0 Å². The molecule has 1 amide bonds. The topological polar surface area (TPSA) is 81.1 Å². The highest BCUT2D eigenvalue weighted by Crippen LogP contribution is 2.03. The second kappa shape index (κ2) is 5.74. The Kier molecular flexibility index (Phi) is 4.05. The van der Waals surface area contributed by atoms with E-state index in [2.05, 4.69) is 20.7 Å². The lowest BCUT2D eigenvalue weighted by Gasteiger charge is -2.18. The predicted molar refractivity (Wildman–Crippen MR) is 60.2 cm³/mol. The highest BCUT2D eigenvalue weighted by atomic mass is 16.5. The van der Waals surface area contributed by atoms with Crippen LogP contribution in [-0.4, -0.2) is 53.0 Å². The maximum atomic E-state index is 11.7. The van der Waals surface area contributed by atoms with Crippen molar-refractivity contribution in [3.8, 4) is 0 Å². The molecule has 1 aliphatic rings. The van der Waals surface area contributed by atoms with E-state index in [0.29, 0.717) is 13.0 Å². The SMILES string of the molecule is CO[C@H]1CNCC1NC(=O)CCn1cncn1. The summed E-state index contributed by atoms with van der Waals surface area (Å²) in [6, 6.07) is 0.0586. The van der Waals surface area contributed by atoms with Crippen LogP contribution < -0.4 is 10.6 Å². The largest absolute Gasteiger partial charge is 0.378 e. The lowest BCUT2D eigenvalue weighted by molar-refractivity contribution is -0.122. The van der Waals surface area contributed by atoms with Gasteiger partial charge in [0.05, 0.1) is 18.7 Å². The Bertz CT molecular complexity index is 354. The average molecular weight is 239 g/mol. The van der Waals surface area contributed by atoms with Crippen LogP contribution in [0.1, 0.15) is 6.42 Å². The molecule has 7 heteroatoms. The number of aryl methyl sites for hydroxylation is 1. The lowest BCUT2D eigenvalue weighted by atomic mass is 10.2. The molecule has 1 aliphatic heterocycles. The molecule has 0 bridgehead atoms. The molecule has 1 unspecified atom stereocenters. The Balaban J connectivity index is 1.73. The number of methoxy groups -OCH3 is 1. The summed E-state index contributed by atoms with van der Waals surface area (Å²) in [5.74, 6) is 0.0104. The molecule has 0 saturated carbocycles. The fourth-order valence-electron chi connectivity index (χ4n) is 1.89. The van der Waals surface area contributed by atoms with Crippen LogP contribution in [0.25, 0.3) is 0 Å². The van der Waals surface area contributed by atoms with E-state index in [9.17, 15) is 4.79 Å². The van der Waals surface area contributed by atoms with Crippen molar-refractivity contribution in [2.75, 3.05) is 20.2 Å². The summed E-state index contributed by atoms with van der Waals surface area (Å²) in [7, 11) is 1.66. The Morgan fingerprint density at radius 2 is 2.53 bits per heavy atom. The van der Waals surface area contributed by atoms with Gasteiger partial charge in [-0.15, -0.1) is 0 Å². The molecular weight excluding hydrogens is 222 g/mol. The number of carbonyl (C=O) groups is 1. The van der Waals surface area contributed by atoms with Gasteiger partial charge in [-0.3, -0.25) is 9.48 Å². The van der Waals surface area contributed by atoms with E-state index in [-0.39, 0.29) is 18.1 Å². The van der Waals surface area contributed by atoms with Gasteiger partial charge in [0.2, 0.25) is 5.91 Å². The van der Waals surface area contributed by atoms with Crippen LogP contribution in [0.15, 0.2) is 12.7 Å². The highest BCUT2D eigenvalue weighted by Gasteiger charge is 2.27. The zero-order valence-corrected chi connectivity index (χ0v) is 9.80. The van der Waals surface area contributed by atoms with Crippen LogP contribution in [0.5, 0.6) is 0 Å². The first kappa shape index (κ1) is 12.0. The zero-order valence-electron chi connectivity index (χ0n) is 9.80. The predicted octanol–water partition coefficient (Wildman–Crippen LogP) is -1.23. The third-order valence-corrected chi connectivity index (χ3v) is 2.84. The minimum atomic E-state index is 0.0104. The van der Waals surface area contributed by atoms with E-state index in [1.54, 1.807) is 18.1 Å². The van der Waals surface area contributed by atoms with Gasteiger partial charge in [0.15, 0.2) is 0 Å². The molecule has 1 fully saturated rings. The number of ether oxygens (including phenoxy) is 1. The van der Waals surface area contributed by atoms with E-state index < -0.39 is 0 Å². The normalized spacial score (nSPS) is 23.8. The second-order valence-electron chi connectivity index (χ2n) is 4.01. The Morgan fingerprint density at radius 1 is 1.65 bits per heavy atom. The van der Waals surface area contributed by atoms with Crippen molar-refractivity contribution in [1.29, 1.82) is 0 Å². The van der Waals surface area contributed by atoms with E-state index in [1.807, 2.05) is 0 Å². The first-order valence-corrected chi connectivity index (χ1v) is 5.65. The summed E-state index contributed by atoms with van der Waals surface area (Å²) in [5.41, 5.74) is 0. The monoisotopic (exact) mass is 239 g/mol. The smallest absolute Gasteiger partial charge is 0.222 e. The summed E-state index contributed by atoms with van der Waals surface area (Å²) in [6.45, 7) is 2.09. The van der Waals surface area contributed by atoms with Crippen molar-refractivity contribution in [2.45, 2.75) is 25.1 Å². The van der Waals surface area contributed by atoms with Crippen molar-refractivity contribution in [3.63, 3.8) is 0 Å². The minimum absolute atomic E-state index is 0.0104. The lowest BCUT2D eigenvalue weighted by Crippen LogP contribution is -2.43. The fourth-order valence-corrected chi connectivity index (χ4v) is 1.89. The molecule has 2 rings (SSSR count). The van der Waals surface area contributed by atoms with Crippen LogP contribution in [0, 0.1) is 0 Å². The van der Waals surface area contributed by atoms with Crippen LogP contribution in [0.4, 0.5) is 0 Å². The van der Waals surface area contributed by atoms with Crippen molar-refractivity contribution in [1.82, 2.24) is 25.4 Å². The molecule has 0 spiro atoms. The third-order valence-electron chi connectivity index (χ3n) is 2.84. The van der Waals surface area contributed by atoms with Gasteiger partial charge in [-0.2, -0.15) is 5.10 Å². The van der Waals surface area contributed by atoms with Gasteiger partial charge >= 0.3 is 0 Å². The van der Waals surface area contributed by atoms with Crippen molar-refractivity contribution in [2.24, 2.45) is 0 Å². The van der Waals surface area contributed by atoms with Gasteiger partial charge in [-0.1, -0.05) is 0 Å². The van der Waals surface area contributed by atoms with Gasteiger partial charge < -0.3 is 15.4 Å². The number of hydrogen-bond donors (Lipinski definition) is 2. The number of carbonyl (C=O) groups excluding carboxylic acids is 1. The highest BCUT2D eigenvalue weighted by molar-refractivity contribution is 5.76. The summed E-state index contributed by atoms with van der Waals surface area (Å²) >= 11 is 0. The summed E-state index contributed by atoms with van der Waals surface area (Å²) in [6.07, 6.45) is 3.52. The first-order chi connectivity index (χ1) is 8.29. The zero-order chi connectivity index (χ0) is 12.1. The van der Waals surface area contributed by atoms with Crippen molar-refractivity contribution < 1.29 is 9.53 Å². The van der Waals surface area contributed by atoms with Gasteiger partial charge in [-0.25, -0.2) is 4.98 Å². The minimum Gasteiger partial charge on any atom is -0.378 e. The van der Waals surface area contributed by atoms with Gasteiger partial charge in [0.1, 0.15) is 12.7 Å². The Morgan fingerprint density at radius 3 is 3.24 bits per heavy atom. The van der Waals surface area contributed by atoms with Crippen LogP contribution in [-0.2, 0) is 16.1 Å². The number of aromatic nitrogens is 3. The molecular formula is C10H17N5O2. The maximum Gasteiger partial charge on any atom is 0.222 e. The molecule has 0 radical (unpaired) electrons. The van der Waals surface area contributed by atoms with E-state index in [4.69, 9.17) is 4.74 Å². The average Bonchev–Trinajstić information content (AvgIpc) is 2.97. The molecule has 94 valence electrons. The molecule has 2 heterocycles. The molecule has 0 aromatic carbocycles. The quantitative estimate of drug-likeness (QED) is 0.672.